The van der Waals surface area contributed by atoms with E-state index in [-0.39, 0.29) is 52.7 Å². The van der Waals surface area contributed by atoms with Crippen molar-refractivity contribution >= 4 is 105 Å². The first-order chi connectivity index (χ1) is 32.7. The summed E-state index contributed by atoms with van der Waals surface area (Å²) in [6.45, 7) is 10.9. The zero-order valence-corrected chi connectivity index (χ0v) is 43.6. The van der Waals surface area contributed by atoms with Gasteiger partial charge in [-0.05, 0) is 76.4 Å². The molecule has 0 aromatic heterocycles. The van der Waals surface area contributed by atoms with Gasteiger partial charge in [0.1, 0.15) is 27.5 Å². The van der Waals surface area contributed by atoms with E-state index in [4.69, 9.17) is 26.1 Å². The molecular formula is C50H55N4O10PS3Si. The van der Waals surface area contributed by atoms with Gasteiger partial charge in [0.05, 0.1) is 21.9 Å². The molecular weight excluding hydrogens is 972 g/mol. The number of carbonyl (C=O) groups is 3. The zero-order chi connectivity index (χ0) is 50.1. The van der Waals surface area contributed by atoms with Crippen molar-refractivity contribution in [1.29, 1.82) is 0 Å². The van der Waals surface area contributed by atoms with Crippen molar-refractivity contribution < 1.29 is 38.1 Å². The molecule has 6 rings (SSSR count). The zero-order valence-electron chi connectivity index (χ0n) is 39.3. The highest BCUT2D eigenvalue weighted by molar-refractivity contribution is 8.47. The van der Waals surface area contributed by atoms with E-state index in [2.05, 4.69) is 39.2 Å². The number of alkyl carbamates (subject to hydrolysis) is 1. The van der Waals surface area contributed by atoms with E-state index < -0.39 is 54.5 Å². The predicted octanol–water partition coefficient (Wildman–Crippen LogP) is 9.93. The van der Waals surface area contributed by atoms with Crippen molar-refractivity contribution in [3.05, 3.63) is 171 Å². The van der Waals surface area contributed by atoms with Crippen LogP contribution >= 0.6 is 42.6 Å². The van der Waals surface area contributed by atoms with Crippen LogP contribution in [-0.4, -0.2) is 73.3 Å². The number of hydrogen-bond acceptors (Lipinski definition) is 13. The average Bonchev–Trinajstić information content (AvgIpc) is 3.32. The van der Waals surface area contributed by atoms with E-state index in [0.29, 0.717) is 14.7 Å². The maximum atomic E-state index is 15.5. The molecule has 0 radical (unpaired) electrons. The number of benzene rings is 5. The first-order valence-electron chi connectivity index (χ1n) is 22.1. The summed E-state index contributed by atoms with van der Waals surface area (Å²) in [6, 6.07) is 40.4. The number of thioether (sulfide) groups is 2. The van der Waals surface area contributed by atoms with Gasteiger partial charge in [0.15, 0.2) is 8.32 Å². The predicted molar refractivity (Wildman–Crippen MR) is 283 cm³/mol. The first-order valence-corrected chi connectivity index (χ1v) is 29.0. The fraction of sp³-hybridized carbons (Fsp3) is 0.300. The van der Waals surface area contributed by atoms with Gasteiger partial charge in [-0.2, -0.15) is 0 Å². The van der Waals surface area contributed by atoms with Crippen LogP contribution in [0.2, 0.25) is 18.1 Å². The maximum Gasteiger partial charge on any atom is 0.407 e. The molecule has 4 atom stereocenters. The van der Waals surface area contributed by atoms with Crippen LogP contribution < -0.4 is 21.2 Å². The highest BCUT2D eigenvalue weighted by Gasteiger charge is 2.57. The molecule has 14 nitrogen and oxygen atoms in total. The van der Waals surface area contributed by atoms with Crippen LogP contribution in [0.4, 0.5) is 16.2 Å². The molecule has 1 heterocycles. The summed E-state index contributed by atoms with van der Waals surface area (Å²) in [7, 11) is -2.45. The third kappa shape index (κ3) is 12.4. The van der Waals surface area contributed by atoms with E-state index in [9.17, 15) is 25.0 Å². The number of likely N-dealkylation sites (tertiary alicyclic amines) is 1. The lowest BCUT2D eigenvalue weighted by Crippen LogP contribution is -2.68. The standard InChI is InChI=1S/C50H55N4O10PS3Si/c1-34(31-51-48(57)63-33-37-25-29-39(30-26-37)54(60)61)67-49(66)68-46-43(35(2)64-69(6,7)50(3,4)5)44(55)52(46)45(47(56)62-32-36-23-27-38(28-24-36)53(58)59)65(40-17-11-8-12-18-40,41-19-13-9-14-20-41)42-21-15-10-16-22-42/h8-30,34-35,43,46H,31-33H2,1-7H3,(H,51,57)/t34?,35-,43+,46-/m1/s1. The fourth-order valence-corrected chi connectivity index (χ4v) is 16.7. The Morgan fingerprint density at radius 3 is 1.61 bits per heavy atom. The van der Waals surface area contributed by atoms with Crippen LogP contribution in [0.5, 0.6) is 0 Å². The molecule has 19 heteroatoms. The molecule has 0 saturated carbocycles. The van der Waals surface area contributed by atoms with Gasteiger partial charge in [-0.15, -0.1) is 11.8 Å². The molecule has 1 fully saturated rings. The number of rotatable bonds is 18. The Morgan fingerprint density at radius 1 is 0.754 bits per heavy atom. The lowest BCUT2D eigenvalue weighted by atomic mass is 9.93. The van der Waals surface area contributed by atoms with Gasteiger partial charge in [-0.25, -0.2) is 9.59 Å². The van der Waals surface area contributed by atoms with Crippen LogP contribution in [0.1, 0.15) is 45.7 Å². The van der Waals surface area contributed by atoms with Gasteiger partial charge in [0, 0.05) is 42.9 Å². The first kappa shape index (κ1) is 52.7. The van der Waals surface area contributed by atoms with Gasteiger partial charge < -0.3 is 19.2 Å². The van der Waals surface area contributed by atoms with Gasteiger partial charge in [-0.3, -0.25) is 29.9 Å². The largest absolute Gasteiger partial charge is 0.456 e. The maximum absolute atomic E-state index is 15.5. The summed E-state index contributed by atoms with van der Waals surface area (Å²) >= 11 is 8.70. The van der Waals surface area contributed by atoms with Crippen molar-refractivity contribution in [2.45, 2.75) is 82.7 Å². The highest BCUT2D eigenvalue weighted by atomic mass is 32.2. The summed E-state index contributed by atoms with van der Waals surface area (Å²) in [4.78, 5) is 66.8. The molecule has 1 N–H and O–H groups in total. The van der Waals surface area contributed by atoms with Gasteiger partial charge in [0.2, 0.25) is 5.91 Å². The fourth-order valence-electron chi connectivity index (χ4n) is 7.55. The molecule has 1 aliphatic heterocycles. The van der Waals surface area contributed by atoms with E-state index in [1.54, 1.807) is 4.90 Å². The smallest absolute Gasteiger partial charge is 0.407 e. The third-order valence-electron chi connectivity index (χ3n) is 12.1. The third-order valence-corrected chi connectivity index (χ3v) is 23.8. The Kier molecular flexibility index (Phi) is 17.5. The van der Waals surface area contributed by atoms with E-state index >= 15 is 9.59 Å². The Hall–Kier alpha value is -5.62. The SMILES string of the molecule is CC(CNC(=O)OCc1ccc([N+](=O)[O-])cc1)SC(=S)S[C@@H]1[C@@H]([C@@H](C)O[Si](C)(C)C(C)(C)C)C(=O)N1C(C(=O)OCc1ccc([N+](=O)[O-])cc1)=P(c1ccccc1)(c1ccccc1)c1ccccc1. The van der Waals surface area contributed by atoms with Crippen molar-refractivity contribution in [2.75, 3.05) is 6.54 Å². The number of nitro benzene ring substituents is 2. The van der Waals surface area contributed by atoms with Crippen molar-refractivity contribution in [2.24, 2.45) is 5.92 Å². The second-order valence-corrected chi connectivity index (χ2v) is 29.7. The molecule has 1 unspecified atom stereocenters. The summed E-state index contributed by atoms with van der Waals surface area (Å²) in [5, 5.41) is 26.5. The molecule has 1 aliphatic rings. The summed E-state index contributed by atoms with van der Waals surface area (Å²) in [6.07, 6.45) is -1.26. The van der Waals surface area contributed by atoms with Gasteiger partial charge in [-0.1, -0.05) is 143 Å². The van der Waals surface area contributed by atoms with Crippen molar-refractivity contribution in [3.63, 3.8) is 0 Å². The number of ether oxygens (including phenoxy) is 2. The number of amides is 2. The molecule has 362 valence electrons. The number of carbonyl (C=O) groups excluding carboxylic acids is 3. The number of non-ortho nitro benzene ring substituents is 2. The van der Waals surface area contributed by atoms with Gasteiger partial charge >= 0.3 is 12.1 Å². The monoisotopic (exact) mass is 1030 g/mol. The lowest BCUT2D eigenvalue weighted by Gasteiger charge is -2.52. The highest BCUT2D eigenvalue weighted by Crippen LogP contribution is 2.52. The summed E-state index contributed by atoms with van der Waals surface area (Å²) in [5.41, 5.74) is 1.07. The van der Waals surface area contributed by atoms with E-state index in [0.717, 1.165) is 15.9 Å². The van der Waals surface area contributed by atoms with Crippen LogP contribution in [0.25, 0.3) is 0 Å². The Labute approximate surface area is 417 Å². The minimum absolute atomic E-state index is 0.0699. The number of hydrogen-bond donors (Lipinski definition) is 1. The molecule has 1 saturated heterocycles. The minimum Gasteiger partial charge on any atom is -0.456 e. The Balaban J connectivity index is 1.42. The number of thiocarbonyl (C=S) groups is 1. The number of nitrogens with one attached hydrogen (secondary N) is 1. The van der Waals surface area contributed by atoms with E-state index in [1.807, 2.05) is 105 Å². The van der Waals surface area contributed by atoms with Gasteiger partial charge in [0.25, 0.3) is 11.4 Å². The molecule has 69 heavy (non-hydrogen) atoms. The van der Waals surface area contributed by atoms with Crippen molar-refractivity contribution in [1.82, 2.24) is 10.2 Å². The number of nitrogens with zero attached hydrogens (tertiary/aromatic N) is 3. The minimum atomic E-state index is -3.34. The van der Waals surface area contributed by atoms with E-state index in [1.165, 1.54) is 72.1 Å². The second-order valence-electron chi connectivity index (χ2n) is 17.9. The van der Waals surface area contributed by atoms with Crippen LogP contribution in [0, 0.1) is 26.1 Å². The summed E-state index contributed by atoms with van der Waals surface area (Å²) in [5.74, 6) is -1.81. The number of nitro groups is 2. The molecule has 5 aromatic carbocycles. The number of esters is 1. The molecule has 2 amide bonds. The Bertz CT molecular complexity index is 2610. The Morgan fingerprint density at radius 2 is 1.19 bits per heavy atom. The lowest BCUT2D eigenvalue weighted by molar-refractivity contribution is -0.385. The average molecular weight is 1030 g/mol. The number of β-lactam (4-membered cyclic amide) rings is 1. The molecule has 5 aromatic rings. The summed E-state index contributed by atoms with van der Waals surface area (Å²) < 4.78 is 19.0. The molecule has 0 bridgehead atoms. The molecule has 0 spiro atoms. The normalized spacial score (nSPS) is 15.8. The van der Waals surface area contributed by atoms with Crippen LogP contribution in [0.15, 0.2) is 140 Å². The molecule has 0 aliphatic carbocycles. The van der Waals surface area contributed by atoms with Crippen molar-refractivity contribution in [3.8, 4) is 0 Å². The van der Waals surface area contributed by atoms with Crippen LogP contribution in [0.3, 0.4) is 0 Å². The van der Waals surface area contributed by atoms with Crippen LogP contribution in [-0.2, 0) is 36.7 Å². The second kappa shape index (κ2) is 22.9. The quantitative estimate of drug-likeness (QED) is 0.0167. The topological polar surface area (TPSA) is 180 Å².